The highest BCUT2D eigenvalue weighted by Gasteiger charge is 2.25. The summed E-state index contributed by atoms with van der Waals surface area (Å²) in [6, 6.07) is 20.9. The molecule has 0 aliphatic carbocycles. The quantitative estimate of drug-likeness (QED) is 0.292. The molecule has 2 amide bonds. The van der Waals surface area contributed by atoms with Gasteiger partial charge in [0.2, 0.25) is 5.91 Å². The fourth-order valence-corrected chi connectivity index (χ4v) is 4.26. The van der Waals surface area contributed by atoms with Gasteiger partial charge in [-0.2, -0.15) is 5.10 Å². The molecule has 4 rings (SSSR count). The highest BCUT2D eigenvalue weighted by Crippen LogP contribution is 2.28. The van der Waals surface area contributed by atoms with Crippen molar-refractivity contribution in [3.8, 4) is 5.69 Å². The lowest BCUT2D eigenvalue weighted by molar-refractivity contribution is -0.117. The highest BCUT2D eigenvalue weighted by atomic mass is 16.3. The van der Waals surface area contributed by atoms with Crippen molar-refractivity contribution in [1.29, 1.82) is 0 Å². The molecule has 1 N–H and O–H groups in total. The number of nitrogens with zero attached hydrogens (tertiary/aromatic N) is 3. The molecule has 2 aromatic heterocycles. The molecule has 0 unspecified atom stereocenters. The van der Waals surface area contributed by atoms with Gasteiger partial charge in [0, 0.05) is 17.0 Å². The monoisotopic (exact) mass is 526 g/mol. The zero-order valence-corrected chi connectivity index (χ0v) is 23.9. The Balaban J connectivity index is 1.61. The molecule has 0 bridgehead atoms. The van der Waals surface area contributed by atoms with E-state index < -0.39 is 0 Å². The number of amides is 2. The molecule has 0 saturated heterocycles. The Morgan fingerprint density at radius 1 is 0.923 bits per heavy atom. The Morgan fingerprint density at radius 2 is 1.62 bits per heavy atom. The first kappa shape index (κ1) is 27.9. The number of aryl methyl sites for hydroxylation is 1. The second-order valence-corrected chi connectivity index (χ2v) is 12.0. The van der Waals surface area contributed by atoms with E-state index in [2.05, 4.69) is 46.9 Å². The molecule has 39 heavy (non-hydrogen) atoms. The summed E-state index contributed by atoms with van der Waals surface area (Å²) in [6.07, 6.45) is 1.56. The van der Waals surface area contributed by atoms with E-state index in [4.69, 9.17) is 9.52 Å². The predicted molar refractivity (Wildman–Crippen MR) is 154 cm³/mol. The molecular formula is C32H38N4O3. The Labute approximate surface area is 230 Å². The molecular weight excluding hydrogens is 488 g/mol. The molecule has 0 saturated carbocycles. The fourth-order valence-electron chi connectivity index (χ4n) is 4.26. The van der Waals surface area contributed by atoms with Crippen molar-refractivity contribution >= 4 is 17.6 Å². The number of nitrogens with one attached hydrogen (secondary N) is 1. The zero-order chi connectivity index (χ0) is 28.4. The van der Waals surface area contributed by atoms with Crippen LogP contribution in [0.15, 0.2) is 77.4 Å². The molecule has 0 aliphatic heterocycles. The van der Waals surface area contributed by atoms with E-state index >= 15 is 0 Å². The number of para-hydroxylation sites is 1. The van der Waals surface area contributed by atoms with E-state index in [1.807, 2.05) is 61.5 Å². The molecule has 0 aliphatic rings. The second-order valence-electron chi connectivity index (χ2n) is 12.0. The van der Waals surface area contributed by atoms with Crippen LogP contribution in [0.5, 0.6) is 0 Å². The van der Waals surface area contributed by atoms with Gasteiger partial charge in [-0.15, -0.1) is 0 Å². The second kappa shape index (κ2) is 10.9. The fraction of sp³-hybridized carbons (Fsp3) is 0.344. The maximum absolute atomic E-state index is 13.6. The zero-order valence-electron chi connectivity index (χ0n) is 23.9. The standard InChI is InChI=1S/C32H38N4O3/c1-22-11-8-9-13-26(22)36-28(19-27(34-36)32(5,6)7)33-29(37)21-35(20-25-12-10-18-39-25)30(38)23-14-16-24(17-15-23)31(2,3)4/h8-19H,20-21H2,1-7H3,(H,33,37). The minimum atomic E-state index is -0.323. The molecule has 4 aromatic rings. The minimum Gasteiger partial charge on any atom is -0.467 e. The van der Waals surface area contributed by atoms with Gasteiger partial charge >= 0.3 is 0 Å². The minimum absolute atomic E-state index is 0.0265. The van der Waals surface area contributed by atoms with Crippen LogP contribution in [0.25, 0.3) is 5.69 Å². The molecule has 7 nitrogen and oxygen atoms in total. The first-order chi connectivity index (χ1) is 18.3. The maximum atomic E-state index is 13.6. The first-order valence-corrected chi connectivity index (χ1v) is 13.2. The summed E-state index contributed by atoms with van der Waals surface area (Å²) < 4.78 is 7.27. The van der Waals surface area contributed by atoms with Crippen molar-refractivity contribution in [1.82, 2.24) is 14.7 Å². The topological polar surface area (TPSA) is 80.4 Å². The van der Waals surface area contributed by atoms with Crippen LogP contribution in [0.3, 0.4) is 0 Å². The molecule has 0 atom stereocenters. The lowest BCUT2D eigenvalue weighted by Crippen LogP contribution is -2.37. The molecule has 0 fully saturated rings. The average molecular weight is 527 g/mol. The van der Waals surface area contributed by atoms with Gasteiger partial charge in [-0.3, -0.25) is 9.59 Å². The van der Waals surface area contributed by atoms with E-state index in [1.54, 1.807) is 23.1 Å². The van der Waals surface area contributed by atoms with E-state index in [-0.39, 0.29) is 35.7 Å². The number of rotatable bonds is 7. The van der Waals surface area contributed by atoms with Crippen LogP contribution in [0.1, 0.15) is 74.5 Å². The van der Waals surface area contributed by atoms with Crippen molar-refractivity contribution < 1.29 is 14.0 Å². The Bertz CT molecular complexity index is 1440. The summed E-state index contributed by atoms with van der Waals surface area (Å²) in [5.41, 5.74) is 4.17. The largest absolute Gasteiger partial charge is 0.467 e. The Morgan fingerprint density at radius 3 is 2.21 bits per heavy atom. The van der Waals surface area contributed by atoms with Crippen molar-refractivity contribution in [3.63, 3.8) is 0 Å². The lowest BCUT2D eigenvalue weighted by atomic mass is 9.86. The van der Waals surface area contributed by atoms with E-state index in [1.165, 1.54) is 4.90 Å². The van der Waals surface area contributed by atoms with Crippen molar-refractivity contribution in [2.45, 2.75) is 65.8 Å². The van der Waals surface area contributed by atoms with Crippen LogP contribution in [-0.2, 0) is 22.2 Å². The number of carbonyl (C=O) groups excluding carboxylic acids is 2. The van der Waals surface area contributed by atoms with Crippen LogP contribution in [0, 0.1) is 6.92 Å². The van der Waals surface area contributed by atoms with Gasteiger partial charge in [0.15, 0.2) is 0 Å². The molecule has 2 aromatic carbocycles. The van der Waals surface area contributed by atoms with Crippen LogP contribution in [-0.4, -0.2) is 33.0 Å². The number of aromatic nitrogens is 2. The van der Waals surface area contributed by atoms with Crippen LogP contribution >= 0.6 is 0 Å². The summed E-state index contributed by atoms with van der Waals surface area (Å²) in [5, 5.41) is 7.83. The van der Waals surface area contributed by atoms with Gasteiger partial charge in [0.05, 0.1) is 24.2 Å². The van der Waals surface area contributed by atoms with Crippen molar-refractivity contribution in [2.24, 2.45) is 0 Å². The van der Waals surface area contributed by atoms with Crippen LogP contribution in [0.4, 0.5) is 5.82 Å². The van der Waals surface area contributed by atoms with Gasteiger partial charge in [-0.1, -0.05) is 71.9 Å². The van der Waals surface area contributed by atoms with E-state index in [9.17, 15) is 9.59 Å². The highest BCUT2D eigenvalue weighted by molar-refractivity contribution is 5.99. The molecule has 7 heteroatoms. The first-order valence-electron chi connectivity index (χ1n) is 13.2. The van der Waals surface area contributed by atoms with E-state index in [0.717, 1.165) is 22.5 Å². The van der Waals surface area contributed by atoms with Crippen molar-refractivity contribution in [3.05, 3.63) is 101 Å². The molecule has 0 spiro atoms. The molecule has 2 heterocycles. The number of hydrogen-bond donors (Lipinski definition) is 1. The van der Waals surface area contributed by atoms with E-state index in [0.29, 0.717) is 17.1 Å². The summed E-state index contributed by atoms with van der Waals surface area (Å²) in [6.45, 7) is 14.7. The number of benzene rings is 2. The third kappa shape index (κ3) is 6.66. The Hall–Kier alpha value is -4.13. The van der Waals surface area contributed by atoms with Gasteiger partial charge in [-0.25, -0.2) is 4.68 Å². The number of carbonyl (C=O) groups is 2. The van der Waals surface area contributed by atoms with Crippen LogP contribution in [0.2, 0.25) is 0 Å². The third-order valence-electron chi connectivity index (χ3n) is 6.64. The average Bonchev–Trinajstić information content (AvgIpc) is 3.53. The van der Waals surface area contributed by atoms with Crippen LogP contribution < -0.4 is 5.32 Å². The summed E-state index contributed by atoms with van der Waals surface area (Å²) >= 11 is 0. The number of furan rings is 1. The smallest absolute Gasteiger partial charge is 0.254 e. The summed E-state index contributed by atoms with van der Waals surface area (Å²) in [7, 11) is 0. The predicted octanol–water partition coefficient (Wildman–Crippen LogP) is 6.65. The molecule has 0 radical (unpaired) electrons. The molecule has 204 valence electrons. The summed E-state index contributed by atoms with van der Waals surface area (Å²) in [4.78, 5) is 28.5. The normalized spacial score (nSPS) is 11.9. The van der Waals surface area contributed by atoms with Gasteiger partial charge < -0.3 is 14.6 Å². The lowest BCUT2D eigenvalue weighted by Gasteiger charge is -2.23. The summed E-state index contributed by atoms with van der Waals surface area (Å²) in [5.74, 6) is 0.586. The van der Waals surface area contributed by atoms with Gasteiger partial charge in [0.1, 0.15) is 18.1 Å². The van der Waals surface area contributed by atoms with Crippen molar-refractivity contribution in [2.75, 3.05) is 11.9 Å². The maximum Gasteiger partial charge on any atom is 0.254 e. The van der Waals surface area contributed by atoms with Gasteiger partial charge in [0.25, 0.3) is 5.91 Å². The van der Waals surface area contributed by atoms with Gasteiger partial charge in [-0.05, 0) is 53.8 Å². The Kier molecular flexibility index (Phi) is 7.82. The SMILES string of the molecule is Cc1ccccc1-n1nc(C(C)(C)C)cc1NC(=O)CN(Cc1ccco1)C(=O)c1ccc(C(C)(C)C)cc1. The number of anilines is 1. The number of hydrogen-bond acceptors (Lipinski definition) is 4. The third-order valence-corrected chi connectivity index (χ3v) is 6.64.